The van der Waals surface area contributed by atoms with Crippen LogP contribution >= 0.6 is 19.4 Å². The topological polar surface area (TPSA) is 60.9 Å². The Morgan fingerprint density at radius 1 is 1.50 bits per heavy atom. The maximum atomic E-state index is 10.9. The standard InChI is InChI=1S/C7H14N2O3S.2ClH.Zn/c1-3-7(13(10,11)12)9-5-4-8(2)6-9;;;/h4-5,7H,3,6H2,1-2H3,(H,10,11,12);2*1H;/q;;;+2/p-2. The fourth-order valence-electron chi connectivity index (χ4n) is 1.35. The van der Waals surface area contributed by atoms with Gasteiger partial charge in [-0.2, -0.15) is 8.42 Å². The van der Waals surface area contributed by atoms with Crippen molar-refractivity contribution < 1.29 is 28.1 Å². The van der Waals surface area contributed by atoms with Crippen LogP contribution in [0.5, 0.6) is 0 Å². The number of hydrogen-bond donors (Lipinski definition) is 1. The molecule has 0 fully saturated rings. The van der Waals surface area contributed by atoms with Crippen LogP contribution in [0.1, 0.15) is 13.3 Å². The molecule has 1 unspecified atom stereocenters. The zero-order valence-corrected chi connectivity index (χ0v) is 14.5. The van der Waals surface area contributed by atoms with Gasteiger partial charge in [-0.3, -0.25) is 4.55 Å². The van der Waals surface area contributed by atoms with Crippen molar-refractivity contribution in [1.29, 1.82) is 0 Å². The van der Waals surface area contributed by atoms with E-state index >= 15 is 0 Å². The van der Waals surface area contributed by atoms with Crippen molar-refractivity contribution in [2.75, 3.05) is 13.7 Å². The van der Waals surface area contributed by atoms with Crippen molar-refractivity contribution in [1.82, 2.24) is 9.80 Å². The molecule has 0 aliphatic carbocycles. The monoisotopic (exact) mass is 340 g/mol. The molecule has 92 valence electrons. The quantitative estimate of drug-likeness (QED) is 0.624. The van der Waals surface area contributed by atoms with Gasteiger partial charge in [0.25, 0.3) is 10.1 Å². The molecule has 0 saturated carbocycles. The Morgan fingerprint density at radius 2 is 2.00 bits per heavy atom. The van der Waals surface area contributed by atoms with E-state index in [0.29, 0.717) is 13.1 Å². The van der Waals surface area contributed by atoms with Crippen molar-refractivity contribution in [3.05, 3.63) is 12.4 Å². The van der Waals surface area contributed by atoms with Crippen molar-refractivity contribution in [2.45, 2.75) is 18.7 Å². The third kappa shape index (κ3) is 5.68. The van der Waals surface area contributed by atoms with Gasteiger partial charge in [0.2, 0.25) is 0 Å². The van der Waals surface area contributed by atoms with Gasteiger partial charge in [0.15, 0.2) is 5.37 Å². The summed E-state index contributed by atoms with van der Waals surface area (Å²) in [6.07, 6.45) is 3.81. The first-order valence-corrected chi connectivity index (χ1v) is 13.9. The van der Waals surface area contributed by atoms with E-state index < -0.39 is 30.6 Å². The number of halogens is 2. The van der Waals surface area contributed by atoms with Gasteiger partial charge in [-0.15, -0.1) is 0 Å². The second kappa shape index (κ2) is 7.72. The van der Waals surface area contributed by atoms with Crippen LogP contribution in [0, 0.1) is 0 Å². The van der Waals surface area contributed by atoms with Gasteiger partial charge in [0.05, 0.1) is 6.67 Å². The van der Waals surface area contributed by atoms with Crippen molar-refractivity contribution in [2.24, 2.45) is 0 Å². The minimum atomic E-state index is -3.97. The average molecular weight is 343 g/mol. The molecule has 16 heavy (non-hydrogen) atoms. The molecule has 0 amide bonds. The molecular weight excluding hydrogens is 328 g/mol. The van der Waals surface area contributed by atoms with Crippen LogP contribution in [0.3, 0.4) is 0 Å². The summed E-state index contributed by atoms with van der Waals surface area (Å²) in [4.78, 5) is 3.43. The Labute approximate surface area is 112 Å². The normalized spacial score (nSPS) is 16.6. The van der Waals surface area contributed by atoms with Gasteiger partial charge in [-0.05, 0) is 6.42 Å². The molecule has 1 N–H and O–H groups in total. The van der Waals surface area contributed by atoms with E-state index in [1.54, 1.807) is 24.2 Å². The fraction of sp³-hybridized carbons (Fsp3) is 0.714. The van der Waals surface area contributed by atoms with Crippen LogP contribution in [0.2, 0.25) is 0 Å². The predicted molar refractivity (Wildman–Crippen MR) is 60.9 cm³/mol. The van der Waals surface area contributed by atoms with Gasteiger partial charge in [0.1, 0.15) is 0 Å². The second-order valence-corrected chi connectivity index (χ2v) is 9.39. The van der Waals surface area contributed by atoms with E-state index in [-0.39, 0.29) is 0 Å². The summed E-state index contributed by atoms with van der Waals surface area (Å²) in [6, 6.07) is 0. The summed E-state index contributed by atoms with van der Waals surface area (Å²) in [7, 11) is 7.77. The summed E-state index contributed by atoms with van der Waals surface area (Å²) in [5.41, 5.74) is 0. The summed E-state index contributed by atoms with van der Waals surface area (Å²) in [6.45, 7) is 2.23. The van der Waals surface area contributed by atoms with Gasteiger partial charge in [-0.25, -0.2) is 0 Å². The molecule has 1 heterocycles. The summed E-state index contributed by atoms with van der Waals surface area (Å²) >= 11 is -0.931. The first kappa shape index (κ1) is 16.5. The molecule has 9 heteroatoms. The molecule has 0 aromatic heterocycles. The summed E-state index contributed by atoms with van der Waals surface area (Å²) < 4.78 is 30.7. The van der Waals surface area contributed by atoms with Gasteiger partial charge >= 0.3 is 34.5 Å². The van der Waals surface area contributed by atoms with Gasteiger partial charge < -0.3 is 9.80 Å². The first-order chi connectivity index (χ1) is 7.36. The Bertz CT molecular complexity index is 326. The molecule has 0 bridgehead atoms. The zero-order valence-electron chi connectivity index (χ0n) is 9.18. The van der Waals surface area contributed by atoms with Crippen LogP contribution in [0.15, 0.2) is 12.4 Å². The van der Waals surface area contributed by atoms with E-state index in [4.69, 9.17) is 23.9 Å². The minimum absolute atomic E-state index is 0.372. The Hall–Kier alpha value is 0.453. The zero-order chi connectivity index (χ0) is 12.8. The molecular formula is C7H14Cl2N2O3SZn. The summed E-state index contributed by atoms with van der Waals surface area (Å²) in [5.74, 6) is 0. The summed E-state index contributed by atoms with van der Waals surface area (Å²) in [5, 5.41) is -0.825. The number of rotatable bonds is 3. The van der Waals surface area contributed by atoms with Crippen molar-refractivity contribution in [3.63, 3.8) is 0 Å². The molecule has 1 aliphatic rings. The molecule has 0 aromatic rings. The molecule has 0 saturated heterocycles. The van der Waals surface area contributed by atoms with Crippen LogP contribution in [0.25, 0.3) is 0 Å². The van der Waals surface area contributed by atoms with Gasteiger partial charge in [-0.1, -0.05) is 6.92 Å². The van der Waals surface area contributed by atoms with Crippen molar-refractivity contribution >= 4 is 29.5 Å². The van der Waals surface area contributed by atoms with Crippen LogP contribution < -0.4 is 0 Å². The van der Waals surface area contributed by atoms with Gasteiger partial charge in [0, 0.05) is 19.4 Å². The first-order valence-electron chi connectivity index (χ1n) is 4.59. The second-order valence-electron chi connectivity index (χ2n) is 3.19. The molecule has 1 aliphatic heterocycles. The molecule has 0 spiro atoms. The van der Waals surface area contributed by atoms with Crippen LogP contribution in [0.4, 0.5) is 0 Å². The third-order valence-corrected chi connectivity index (χ3v) is 3.25. The van der Waals surface area contributed by atoms with E-state index in [9.17, 15) is 8.42 Å². The molecule has 1 atom stereocenters. The number of hydrogen-bond acceptors (Lipinski definition) is 4. The van der Waals surface area contributed by atoms with E-state index in [1.165, 1.54) is 0 Å². The Morgan fingerprint density at radius 3 is 2.25 bits per heavy atom. The fourth-order valence-corrected chi connectivity index (χ4v) is 2.25. The Kier molecular flexibility index (Phi) is 7.94. The van der Waals surface area contributed by atoms with Crippen molar-refractivity contribution in [3.8, 4) is 0 Å². The molecule has 1 rings (SSSR count). The van der Waals surface area contributed by atoms with Crippen LogP contribution in [-0.2, 0) is 25.3 Å². The predicted octanol–water partition coefficient (Wildman–Crippen LogP) is 1.66. The SMILES string of the molecule is CCC(N1C=CN(C)C1)S(=O)(=O)O.[Cl][Zn][Cl]. The average Bonchev–Trinajstić information content (AvgIpc) is 2.52. The maximum absolute atomic E-state index is 10.9. The van der Waals surface area contributed by atoms with Crippen LogP contribution in [-0.4, -0.2) is 41.9 Å². The Balaban J connectivity index is 0.000000673. The molecule has 0 aromatic carbocycles. The van der Waals surface area contributed by atoms with E-state index in [0.717, 1.165) is 0 Å². The molecule has 5 nitrogen and oxygen atoms in total. The van der Waals surface area contributed by atoms with E-state index in [1.807, 2.05) is 11.9 Å². The van der Waals surface area contributed by atoms with E-state index in [2.05, 4.69) is 0 Å². The third-order valence-electron chi connectivity index (χ3n) is 1.96. The molecule has 0 radical (unpaired) electrons. The number of nitrogens with zero attached hydrogens (tertiary/aromatic N) is 2.